The summed E-state index contributed by atoms with van der Waals surface area (Å²) in [6, 6.07) is 0. The number of aromatic nitrogens is 2. The van der Waals surface area contributed by atoms with Crippen molar-refractivity contribution < 1.29 is 24.2 Å². The van der Waals surface area contributed by atoms with Crippen molar-refractivity contribution in [3.63, 3.8) is 0 Å². The Morgan fingerprint density at radius 3 is 2.44 bits per heavy atom. The lowest BCUT2D eigenvalue weighted by Crippen LogP contribution is -2.45. The smallest absolute Gasteiger partial charge is 0.348 e. The molecule has 9 heteroatoms. The summed E-state index contributed by atoms with van der Waals surface area (Å²) >= 11 is 1.08. The molecule has 8 nitrogen and oxygen atoms in total. The van der Waals surface area contributed by atoms with E-state index in [1.54, 1.807) is 6.92 Å². The summed E-state index contributed by atoms with van der Waals surface area (Å²) in [6.45, 7) is 8.59. The lowest BCUT2D eigenvalue weighted by atomic mass is 10.0. The first kappa shape index (κ1) is 21.0. The van der Waals surface area contributed by atoms with Gasteiger partial charge in [0, 0.05) is 13.0 Å². The Balaban J connectivity index is 2.73. The zero-order valence-corrected chi connectivity index (χ0v) is 17.1. The summed E-state index contributed by atoms with van der Waals surface area (Å²) in [7, 11) is 1.50. The van der Waals surface area contributed by atoms with Crippen molar-refractivity contribution in [2.24, 2.45) is 0 Å². The van der Waals surface area contributed by atoms with E-state index in [-0.39, 0.29) is 29.4 Å². The van der Waals surface area contributed by atoms with Crippen LogP contribution in [0.5, 0.6) is 0 Å². The van der Waals surface area contributed by atoms with Gasteiger partial charge >= 0.3 is 11.9 Å². The number of carbonyl (C=O) groups is 2. The number of hydrogen-bond donors (Lipinski definition) is 1. The van der Waals surface area contributed by atoms with Crippen LogP contribution in [0.2, 0.25) is 0 Å². The van der Waals surface area contributed by atoms with Crippen LogP contribution >= 0.6 is 11.3 Å². The molecule has 0 aliphatic heterocycles. The van der Waals surface area contributed by atoms with Crippen LogP contribution in [0.25, 0.3) is 10.2 Å². The van der Waals surface area contributed by atoms with Crippen LogP contribution < -0.4 is 5.56 Å². The third kappa shape index (κ3) is 3.74. The van der Waals surface area contributed by atoms with E-state index in [4.69, 9.17) is 9.47 Å². The third-order valence-electron chi connectivity index (χ3n) is 4.30. The Hall–Kier alpha value is -2.26. The molecule has 0 aliphatic rings. The maximum Gasteiger partial charge on any atom is 0.348 e. The average Bonchev–Trinajstić information content (AvgIpc) is 2.91. The summed E-state index contributed by atoms with van der Waals surface area (Å²) in [4.78, 5) is 42.5. The van der Waals surface area contributed by atoms with Gasteiger partial charge in [0.1, 0.15) is 27.7 Å². The summed E-state index contributed by atoms with van der Waals surface area (Å²) in [5, 5.41) is 9.86. The van der Waals surface area contributed by atoms with Crippen molar-refractivity contribution in [3.8, 4) is 0 Å². The monoisotopic (exact) mass is 396 g/mol. The number of nitrogens with zero attached hydrogens (tertiary/aromatic N) is 2. The van der Waals surface area contributed by atoms with Crippen molar-refractivity contribution in [1.29, 1.82) is 0 Å². The fourth-order valence-electron chi connectivity index (χ4n) is 2.70. The lowest BCUT2D eigenvalue weighted by Gasteiger charge is -2.26. The van der Waals surface area contributed by atoms with E-state index in [9.17, 15) is 19.5 Å². The van der Waals surface area contributed by atoms with Gasteiger partial charge in [-0.2, -0.15) is 0 Å². The van der Waals surface area contributed by atoms with E-state index in [2.05, 4.69) is 4.98 Å². The largest absolute Gasteiger partial charge is 0.480 e. The average molecular weight is 396 g/mol. The highest BCUT2D eigenvalue weighted by Gasteiger charge is 2.35. The van der Waals surface area contributed by atoms with Gasteiger partial charge in [-0.1, -0.05) is 13.8 Å². The molecule has 0 fully saturated rings. The molecule has 27 heavy (non-hydrogen) atoms. The fraction of sp³-hybridized carbons (Fsp3) is 0.556. The number of esters is 1. The lowest BCUT2D eigenvalue weighted by molar-refractivity contribution is -0.146. The molecule has 0 amide bonds. The first-order chi connectivity index (χ1) is 12.5. The predicted octanol–water partition coefficient (Wildman–Crippen LogP) is 2.51. The van der Waals surface area contributed by atoms with Gasteiger partial charge in [-0.15, -0.1) is 11.3 Å². The maximum atomic E-state index is 13.2. The molecule has 2 heterocycles. The Labute approximate surface area is 160 Å². The van der Waals surface area contributed by atoms with E-state index in [0.29, 0.717) is 16.2 Å². The number of carboxylic acid groups (broad SMARTS) is 1. The summed E-state index contributed by atoms with van der Waals surface area (Å²) < 4.78 is 11.2. The molecule has 0 saturated carbocycles. The topological polar surface area (TPSA) is 108 Å². The van der Waals surface area contributed by atoms with Gasteiger partial charge in [-0.05, 0) is 26.3 Å². The minimum atomic E-state index is -1.48. The zero-order chi connectivity index (χ0) is 20.5. The van der Waals surface area contributed by atoms with E-state index in [1.807, 2.05) is 13.8 Å². The Morgan fingerprint density at radius 2 is 1.93 bits per heavy atom. The highest BCUT2D eigenvalue weighted by atomic mass is 32.1. The number of methoxy groups -OCH3 is 1. The summed E-state index contributed by atoms with van der Waals surface area (Å²) in [6.07, 6.45) is 0. The number of carbonyl (C=O) groups excluding carboxylic acids is 1. The number of aliphatic carboxylic acids is 1. The second kappa shape index (κ2) is 7.77. The van der Waals surface area contributed by atoms with Gasteiger partial charge in [-0.3, -0.25) is 9.36 Å². The maximum absolute atomic E-state index is 13.2. The summed E-state index contributed by atoms with van der Waals surface area (Å²) in [5.41, 5.74) is -1.51. The zero-order valence-electron chi connectivity index (χ0n) is 16.3. The van der Waals surface area contributed by atoms with Crippen molar-refractivity contribution in [3.05, 3.63) is 26.6 Å². The van der Waals surface area contributed by atoms with Gasteiger partial charge in [-0.25, -0.2) is 14.6 Å². The molecular formula is C18H24N2O6S. The first-order valence-corrected chi connectivity index (χ1v) is 9.31. The molecule has 0 radical (unpaired) electrons. The molecule has 1 N–H and O–H groups in total. The number of ether oxygens (including phenoxy) is 2. The van der Waals surface area contributed by atoms with Gasteiger partial charge in [0.15, 0.2) is 0 Å². The van der Waals surface area contributed by atoms with Gasteiger partial charge < -0.3 is 14.6 Å². The van der Waals surface area contributed by atoms with Crippen LogP contribution in [0.1, 0.15) is 54.7 Å². The van der Waals surface area contributed by atoms with Crippen LogP contribution in [0.15, 0.2) is 4.79 Å². The molecule has 0 aliphatic carbocycles. The number of hydrogen-bond acceptors (Lipinski definition) is 7. The Morgan fingerprint density at radius 1 is 1.30 bits per heavy atom. The number of rotatable bonds is 7. The van der Waals surface area contributed by atoms with E-state index >= 15 is 0 Å². The quantitative estimate of drug-likeness (QED) is 0.566. The third-order valence-corrected chi connectivity index (χ3v) is 5.46. The fourth-order valence-corrected chi connectivity index (χ4v) is 3.77. The molecule has 0 unspecified atom stereocenters. The Kier molecular flexibility index (Phi) is 6.06. The molecule has 2 aromatic rings. The van der Waals surface area contributed by atoms with Crippen LogP contribution in [0.4, 0.5) is 0 Å². The van der Waals surface area contributed by atoms with Crippen LogP contribution in [-0.4, -0.2) is 46.9 Å². The number of fused-ring (bicyclic) bond motifs is 1. The van der Waals surface area contributed by atoms with Gasteiger partial charge in [0.05, 0.1) is 12.0 Å². The highest BCUT2D eigenvalue weighted by molar-refractivity contribution is 7.20. The highest BCUT2D eigenvalue weighted by Crippen LogP contribution is 2.31. The molecule has 0 spiro atoms. The van der Waals surface area contributed by atoms with Gasteiger partial charge in [0.2, 0.25) is 0 Å². The molecule has 0 bridgehead atoms. The molecule has 148 valence electrons. The van der Waals surface area contributed by atoms with Crippen LogP contribution in [-0.2, 0) is 19.8 Å². The summed E-state index contributed by atoms with van der Waals surface area (Å²) in [5.74, 6) is -1.51. The van der Waals surface area contributed by atoms with Gasteiger partial charge in [0.25, 0.3) is 5.56 Å². The minimum Gasteiger partial charge on any atom is -0.480 e. The molecule has 0 aromatic carbocycles. The number of aryl methyl sites for hydroxylation is 1. The predicted molar refractivity (Wildman–Crippen MR) is 102 cm³/mol. The minimum absolute atomic E-state index is 0.101. The van der Waals surface area contributed by atoms with Crippen molar-refractivity contribution >= 4 is 33.5 Å². The second-order valence-electron chi connectivity index (χ2n) is 6.99. The standard InChI is InChI=1S/C18H24N2O6S/c1-9(2)13-19-14-11(15(21)20(13)18(4,5)17(23)24)10(3)12(27-14)16(22)26-8-7-25-6/h9H,7-8H2,1-6H3,(H,23,24). The molecular weight excluding hydrogens is 372 g/mol. The van der Waals surface area contributed by atoms with Crippen LogP contribution in [0, 0.1) is 6.92 Å². The van der Waals surface area contributed by atoms with Crippen molar-refractivity contribution in [1.82, 2.24) is 9.55 Å². The Bertz CT molecular complexity index is 941. The SMILES string of the molecule is COCCOC(=O)c1sc2nc(C(C)C)n(C(C)(C)C(=O)O)c(=O)c2c1C. The molecule has 0 saturated heterocycles. The van der Waals surface area contributed by atoms with Crippen molar-refractivity contribution in [2.75, 3.05) is 20.3 Å². The van der Waals surface area contributed by atoms with E-state index in [0.717, 1.165) is 11.3 Å². The molecule has 0 atom stereocenters. The van der Waals surface area contributed by atoms with Crippen LogP contribution in [0.3, 0.4) is 0 Å². The number of thiophene rings is 1. The molecule has 2 rings (SSSR count). The normalized spacial score (nSPS) is 12.0. The van der Waals surface area contributed by atoms with E-state index < -0.39 is 23.0 Å². The molecule has 2 aromatic heterocycles. The number of carboxylic acids is 1. The van der Waals surface area contributed by atoms with Crippen molar-refractivity contribution in [2.45, 2.75) is 46.1 Å². The first-order valence-electron chi connectivity index (χ1n) is 8.50. The van der Waals surface area contributed by atoms with E-state index in [1.165, 1.54) is 25.5 Å². The second-order valence-corrected chi connectivity index (χ2v) is 7.99.